The monoisotopic (exact) mass is 449 g/mol. The number of aryl methyl sites for hydroxylation is 1. The van der Waals surface area contributed by atoms with E-state index in [4.69, 9.17) is 9.15 Å². The van der Waals surface area contributed by atoms with Gasteiger partial charge in [0.1, 0.15) is 16.4 Å². The van der Waals surface area contributed by atoms with Crippen LogP contribution in [0.2, 0.25) is 0 Å². The molecule has 9 nitrogen and oxygen atoms in total. The van der Waals surface area contributed by atoms with Gasteiger partial charge >= 0.3 is 0 Å². The lowest BCUT2D eigenvalue weighted by Crippen LogP contribution is -2.41. The van der Waals surface area contributed by atoms with Gasteiger partial charge in [0.05, 0.1) is 29.9 Å². The van der Waals surface area contributed by atoms with Gasteiger partial charge in [-0.05, 0) is 30.9 Å². The number of ether oxygens (including phenoxy) is 1. The first-order chi connectivity index (χ1) is 14.6. The Hall–Kier alpha value is -2.43. The van der Waals surface area contributed by atoms with Crippen molar-refractivity contribution in [1.29, 1.82) is 0 Å². The van der Waals surface area contributed by atoms with Crippen LogP contribution in [-0.4, -0.2) is 43.9 Å². The van der Waals surface area contributed by atoms with Crippen LogP contribution in [0.4, 0.5) is 11.4 Å². The molecule has 2 aliphatic rings. The minimum absolute atomic E-state index is 0.0427. The molecule has 1 aliphatic heterocycles. The molecule has 31 heavy (non-hydrogen) atoms. The highest BCUT2D eigenvalue weighted by molar-refractivity contribution is 7.89. The fourth-order valence-corrected chi connectivity index (χ4v) is 5.97. The average Bonchev–Trinajstić information content (AvgIpc) is 3.07. The third kappa shape index (κ3) is 4.32. The highest BCUT2D eigenvalue weighted by Gasteiger charge is 2.37. The summed E-state index contributed by atoms with van der Waals surface area (Å²) in [7, 11) is -3.94. The van der Waals surface area contributed by atoms with Gasteiger partial charge in [0.15, 0.2) is 0 Å². The van der Waals surface area contributed by atoms with Gasteiger partial charge in [-0.15, -0.1) is 0 Å². The largest absolute Gasteiger partial charge is 0.466 e. The van der Waals surface area contributed by atoms with Crippen molar-refractivity contribution in [2.24, 2.45) is 5.41 Å². The third-order valence-electron chi connectivity index (χ3n) is 5.83. The number of benzene rings is 1. The number of nitro benzene ring substituents is 1. The smallest absolute Gasteiger partial charge is 0.270 e. The van der Waals surface area contributed by atoms with Crippen molar-refractivity contribution in [3.63, 3.8) is 0 Å². The van der Waals surface area contributed by atoms with Crippen molar-refractivity contribution < 1.29 is 22.5 Å². The zero-order valence-electron chi connectivity index (χ0n) is 17.9. The number of nitrogens with zero attached hydrogens (tertiary/aromatic N) is 2. The molecule has 1 N–H and O–H groups in total. The number of furan rings is 1. The lowest BCUT2D eigenvalue weighted by molar-refractivity contribution is -0.385. The number of nitro groups is 1. The van der Waals surface area contributed by atoms with Gasteiger partial charge in [-0.25, -0.2) is 8.42 Å². The molecular formula is C21H27N3O6S. The molecule has 0 radical (unpaired) electrons. The summed E-state index contributed by atoms with van der Waals surface area (Å²) in [6, 6.07) is 5.76. The molecule has 168 valence electrons. The molecule has 0 amide bonds. The van der Waals surface area contributed by atoms with E-state index in [0.29, 0.717) is 18.9 Å². The summed E-state index contributed by atoms with van der Waals surface area (Å²) in [5, 5.41) is 14.7. The molecule has 0 bridgehead atoms. The minimum Gasteiger partial charge on any atom is -0.466 e. The van der Waals surface area contributed by atoms with Crippen molar-refractivity contribution >= 4 is 21.4 Å². The molecule has 1 fully saturated rings. The van der Waals surface area contributed by atoms with E-state index < -0.39 is 14.9 Å². The molecule has 1 unspecified atom stereocenters. The number of hydrogen-bond acceptors (Lipinski definition) is 7. The Labute approximate surface area is 181 Å². The highest BCUT2D eigenvalue weighted by Crippen LogP contribution is 2.44. The van der Waals surface area contributed by atoms with Gasteiger partial charge in [0.25, 0.3) is 5.69 Å². The number of rotatable bonds is 5. The molecule has 10 heteroatoms. The predicted molar refractivity (Wildman–Crippen MR) is 115 cm³/mol. The van der Waals surface area contributed by atoms with Crippen LogP contribution in [0.15, 0.2) is 33.6 Å². The molecule has 1 saturated heterocycles. The second kappa shape index (κ2) is 7.92. The number of non-ortho nitro benzene ring substituents is 1. The highest BCUT2D eigenvalue weighted by atomic mass is 32.2. The van der Waals surface area contributed by atoms with Crippen LogP contribution in [-0.2, 0) is 21.2 Å². The van der Waals surface area contributed by atoms with E-state index in [0.717, 1.165) is 36.0 Å². The van der Waals surface area contributed by atoms with E-state index >= 15 is 0 Å². The van der Waals surface area contributed by atoms with E-state index in [1.54, 1.807) is 0 Å². The van der Waals surface area contributed by atoms with Gasteiger partial charge in [-0.1, -0.05) is 13.8 Å². The fraction of sp³-hybridized carbons (Fsp3) is 0.524. The number of sulfonamides is 1. The summed E-state index contributed by atoms with van der Waals surface area (Å²) in [5.41, 5.74) is 1.05. The molecule has 0 saturated carbocycles. The molecule has 2 aromatic rings. The maximum Gasteiger partial charge on any atom is 0.270 e. The summed E-state index contributed by atoms with van der Waals surface area (Å²) >= 11 is 0. The van der Waals surface area contributed by atoms with Crippen LogP contribution >= 0.6 is 0 Å². The summed E-state index contributed by atoms with van der Waals surface area (Å²) < 4.78 is 39.3. The number of hydrogen-bond donors (Lipinski definition) is 1. The van der Waals surface area contributed by atoms with E-state index in [1.165, 1.54) is 16.4 Å². The van der Waals surface area contributed by atoms with Crippen LogP contribution in [0, 0.1) is 22.5 Å². The Morgan fingerprint density at radius 1 is 1.23 bits per heavy atom. The molecule has 1 aliphatic carbocycles. The SMILES string of the molecule is Cc1cc2c(o1)CC(C)(C)CC2Nc1ccc([N+](=O)[O-])cc1S(=O)(=O)N1CCOCC1. The number of nitrogens with one attached hydrogen (secondary N) is 1. The predicted octanol–water partition coefficient (Wildman–Crippen LogP) is 3.64. The van der Waals surface area contributed by atoms with Crippen molar-refractivity contribution in [2.45, 2.75) is 44.6 Å². The molecule has 1 aromatic carbocycles. The second-order valence-electron chi connectivity index (χ2n) is 8.93. The Kier molecular flexibility index (Phi) is 5.57. The second-order valence-corrected chi connectivity index (χ2v) is 10.8. The van der Waals surface area contributed by atoms with Crippen molar-refractivity contribution in [1.82, 2.24) is 4.31 Å². The van der Waals surface area contributed by atoms with Crippen molar-refractivity contribution in [3.05, 3.63) is 51.5 Å². The van der Waals surface area contributed by atoms with E-state index in [2.05, 4.69) is 19.2 Å². The van der Waals surface area contributed by atoms with Crippen LogP contribution < -0.4 is 5.32 Å². The van der Waals surface area contributed by atoms with Crippen molar-refractivity contribution in [3.8, 4) is 0 Å². The van der Waals surface area contributed by atoms with Gasteiger partial charge in [-0.3, -0.25) is 10.1 Å². The molecular weight excluding hydrogens is 422 g/mol. The van der Waals surface area contributed by atoms with E-state index in [-0.39, 0.29) is 35.1 Å². The van der Waals surface area contributed by atoms with E-state index in [9.17, 15) is 18.5 Å². The first-order valence-corrected chi connectivity index (χ1v) is 11.7. The fourth-order valence-electron chi connectivity index (χ4n) is 4.38. The normalized spacial score (nSPS) is 21.5. The van der Waals surface area contributed by atoms with Gasteiger partial charge < -0.3 is 14.5 Å². The van der Waals surface area contributed by atoms with Gasteiger partial charge in [-0.2, -0.15) is 4.31 Å². The van der Waals surface area contributed by atoms with E-state index in [1.807, 2.05) is 13.0 Å². The maximum atomic E-state index is 13.4. The lowest BCUT2D eigenvalue weighted by Gasteiger charge is -2.35. The lowest BCUT2D eigenvalue weighted by atomic mass is 9.74. The summed E-state index contributed by atoms with van der Waals surface area (Å²) in [6.07, 6.45) is 1.57. The van der Waals surface area contributed by atoms with Crippen LogP contribution in [0.3, 0.4) is 0 Å². The molecule has 4 rings (SSSR count). The first-order valence-electron chi connectivity index (χ1n) is 10.3. The topological polar surface area (TPSA) is 115 Å². The molecule has 1 atom stereocenters. The third-order valence-corrected chi connectivity index (χ3v) is 7.77. The molecule has 2 heterocycles. The minimum atomic E-state index is -3.94. The Morgan fingerprint density at radius 2 is 1.94 bits per heavy atom. The molecule has 1 aromatic heterocycles. The Morgan fingerprint density at radius 3 is 2.61 bits per heavy atom. The zero-order chi connectivity index (χ0) is 22.4. The molecule has 0 spiro atoms. The maximum absolute atomic E-state index is 13.4. The Balaban J connectivity index is 1.76. The summed E-state index contributed by atoms with van der Waals surface area (Å²) in [4.78, 5) is 10.7. The Bertz CT molecular complexity index is 1100. The summed E-state index contributed by atoms with van der Waals surface area (Å²) in [6.45, 7) is 7.20. The van der Waals surface area contributed by atoms with Gasteiger partial charge in [0.2, 0.25) is 10.0 Å². The average molecular weight is 450 g/mol. The summed E-state index contributed by atoms with van der Waals surface area (Å²) in [5.74, 6) is 1.70. The van der Waals surface area contributed by atoms with Crippen molar-refractivity contribution in [2.75, 3.05) is 31.6 Å². The van der Waals surface area contributed by atoms with Crippen LogP contribution in [0.1, 0.15) is 43.4 Å². The number of anilines is 1. The first kappa shape index (κ1) is 21.8. The standard InChI is InChI=1S/C21H27N3O6S/c1-14-10-16-18(12-21(2,3)13-19(16)30-14)22-17-5-4-15(24(25)26)11-20(17)31(27,28)23-6-8-29-9-7-23/h4-5,10-11,18,22H,6-9,12-13H2,1-3H3. The van der Waals surface area contributed by atoms with Crippen LogP contribution in [0.5, 0.6) is 0 Å². The van der Waals surface area contributed by atoms with Gasteiger partial charge in [0, 0.05) is 37.2 Å². The number of fused-ring (bicyclic) bond motifs is 1. The zero-order valence-corrected chi connectivity index (χ0v) is 18.7. The quantitative estimate of drug-likeness (QED) is 0.547. The van der Waals surface area contributed by atoms with Crippen LogP contribution in [0.25, 0.3) is 0 Å². The number of morpholine rings is 1.